The summed E-state index contributed by atoms with van der Waals surface area (Å²) in [5, 5.41) is 1.05. The zero-order valence-electron chi connectivity index (χ0n) is 10.9. The molecule has 1 fully saturated rings. The molecule has 4 nitrogen and oxygen atoms in total. The third kappa shape index (κ3) is 2.13. The molecule has 1 atom stereocenters. The number of nitrogens with zero attached hydrogens (tertiary/aromatic N) is 2. The predicted octanol–water partition coefficient (Wildman–Crippen LogP) is 2.09. The second-order valence-corrected chi connectivity index (χ2v) is 6.17. The van der Waals surface area contributed by atoms with E-state index in [4.69, 9.17) is 9.72 Å². The Hall–Kier alpha value is -1.72. The molecule has 0 saturated carbocycles. The van der Waals surface area contributed by atoms with Crippen LogP contribution in [0.5, 0.6) is 0 Å². The lowest BCUT2D eigenvalue weighted by molar-refractivity contribution is -0.133. The topological polar surface area (TPSA) is 45.7 Å². The van der Waals surface area contributed by atoms with Crippen molar-refractivity contribution >= 4 is 17.2 Å². The number of hydrogen-bond donors (Lipinski definition) is 0. The summed E-state index contributed by atoms with van der Waals surface area (Å²) in [4.78, 5) is 19.9. The van der Waals surface area contributed by atoms with Crippen molar-refractivity contribution in [3.05, 3.63) is 40.9 Å². The zero-order valence-corrected chi connectivity index (χ0v) is 11.7. The molecule has 4 rings (SSSR count). The summed E-state index contributed by atoms with van der Waals surface area (Å²) in [6.07, 6.45) is 0.662. The van der Waals surface area contributed by atoms with Crippen LogP contribution in [0.3, 0.4) is 0 Å². The molecule has 1 amide bonds. The highest BCUT2D eigenvalue weighted by atomic mass is 32.1. The van der Waals surface area contributed by atoms with Crippen molar-refractivity contribution in [3.8, 4) is 10.6 Å². The maximum atomic E-state index is 12.0. The SMILES string of the molecule is O=C(C1CO1)N1CCc2nc(-c3ccccc3)sc2C1. The Kier molecular flexibility index (Phi) is 2.82. The molecule has 1 saturated heterocycles. The number of hydrogen-bond acceptors (Lipinski definition) is 4. The third-order valence-corrected chi connectivity index (χ3v) is 4.80. The quantitative estimate of drug-likeness (QED) is 0.794. The lowest BCUT2D eigenvalue weighted by atomic mass is 10.1. The van der Waals surface area contributed by atoms with Crippen molar-refractivity contribution in [2.24, 2.45) is 0 Å². The van der Waals surface area contributed by atoms with E-state index in [1.807, 2.05) is 23.1 Å². The molecule has 0 N–H and O–H groups in total. The van der Waals surface area contributed by atoms with Gasteiger partial charge in [0.15, 0.2) is 6.10 Å². The van der Waals surface area contributed by atoms with E-state index in [1.165, 1.54) is 4.88 Å². The molecule has 5 heteroatoms. The second-order valence-electron chi connectivity index (χ2n) is 5.09. The highest BCUT2D eigenvalue weighted by molar-refractivity contribution is 7.15. The van der Waals surface area contributed by atoms with Crippen LogP contribution >= 0.6 is 11.3 Å². The number of fused-ring (bicyclic) bond motifs is 1. The lowest BCUT2D eigenvalue weighted by Crippen LogP contribution is -2.38. The van der Waals surface area contributed by atoms with Crippen LogP contribution in [-0.2, 0) is 22.5 Å². The fraction of sp³-hybridized carbons (Fsp3) is 0.333. The Morgan fingerprint density at radius 1 is 1.35 bits per heavy atom. The molecule has 0 aliphatic carbocycles. The van der Waals surface area contributed by atoms with Gasteiger partial charge in [0.25, 0.3) is 5.91 Å². The Morgan fingerprint density at radius 2 is 2.15 bits per heavy atom. The van der Waals surface area contributed by atoms with E-state index in [9.17, 15) is 4.79 Å². The number of epoxide rings is 1. The van der Waals surface area contributed by atoms with E-state index in [1.54, 1.807) is 11.3 Å². The first-order valence-electron chi connectivity index (χ1n) is 6.75. The number of amides is 1. The summed E-state index contributed by atoms with van der Waals surface area (Å²) < 4.78 is 5.08. The number of thiazole rings is 1. The smallest absolute Gasteiger partial charge is 0.254 e. The molecule has 20 heavy (non-hydrogen) atoms. The van der Waals surface area contributed by atoms with E-state index in [2.05, 4.69) is 12.1 Å². The van der Waals surface area contributed by atoms with E-state index >= 15 is 0 Å². The first-order chi connectivity index (χ1) is 9.81. The number of rotatable bonds is 2. The van der Waals surface area contributed by atoms with E-state index in [-0.39, 0.29) is 12.0 Å². The molecule has 1 unspecified atom stereocenters. The summed E-state index contributed by atoms with van der Waals surface area (Å²) >= 11 is 1.70. The second kappa shape index (κ2) is 4.68. The normalized spacial score (nSPS) is 20.6. The van der Waals surface area contributed by atoms with Crippen LogP contribution in [0.2, 0.25) is 0 Å². The summed E-state index contributed by atoms with van der Waals surface area (Å²) in [5.74, 6) is 0.130. The Labute approximate surface area is 121 Å². The van der Waals surface area contributed by atoms with Gasteiger partial charge in [-0.15, -0.1) is 11.3 Å². The molecule has 3 heterocycles. The van der Waals surface area contributed by atoms with Gasteiger partial charge in [-0.25, -0.2) is 4.98 Å². The Balaban J connectivity index is 1.59. The van der Waals surface area contributed by atoms with Crippen LogP contribution in [-0.4, -0.2) is 35.0 Å². The zero-order chi connectivity index (χ0) is 13.5. The van der Waals surface area contributed by atoms with Crippen molar-refractivity contribution in [1.29, 1.82) is 0 Å². The van der Waals surface area contributed by atoms with Crippen molar-refractivity contribution in [1.82, 2.24) is 9.88 Å². The van der Waals surface area contributed by atoms with Gasteiger partial charge >= 0.3 is 0 Å². The summed E-state index contributed by atoms with van der Waals surface area (Å²) in [5.41, 5.74) is 2.30. The minimum atomic E-state index is -0.182. The maximum absolute atomic E-state index is 12.0. The molecule has 2 aromatic rings. The maximum Gasteiger partial charge on any atom is 0.254 e. The summed E-state index contributed by atoms with van der Waals surface area (Å²) in [6, 6.07) is 10.2. The van der Waals surface area contributed by atoms with Crippen LogP contribution in [0.15, 0.2) is 30.3 Å². The monoisotopic (exact) mass is 286 g/mol. The van der Waals surface area contributed by atoms with E-state index in [0.717, 1.165) is 29.2 Å². The molecular formula is C15H14N2O2S. The van der Waals surface area contributed by atoms with Gasteiger partial charge in [0.2, 0.25) is 0 Å². The van der Waals surface area contributed by atoms with Gasteiger partial charge in [-0.2, -0.15) is 0 Å². The largest absolute Gasteiger partial charge is 0.363 e. The fourth-order valence-electron chi connectivity index (χ4n) is 2.48. The average Bonchev–Trinajstić information content (AvgIpc) is 3.25. The number of aromatic nitrogens is 1. The highest BCUT2D eigenvalue weighted by Crippen LogP contribution is 2.32. The van der Waals surface area contributed by atoms with Crippen molar-refractivity contribution < 1.29 is 9.53 Å². The van der Waals surface area contributed by atoms with Gasteiger partial charge in [0, 0.05) is 23.4 Å². The first kappa shape index (κ1) is 12.1. The van der Waals surface area contributed by atoms with Crippen molar-refractivity contribution in [2.75, 3.05) is 13.2 Å². The fourth-order valence-corrected chi connectivity index (χ4v) is 3.61. The minimum Gasteiger partial charge on any atom is -0.363 e. The van der Waals surface area contributed by atoms with Gasteiger partial charge in [0.1, 0.15) is 5.01 Å². The Morgan fingerprint density at radius 3 is 2.90 bits per heavy atom. The van der Waals surface area contributed by atoms with Crippen LogP contribution in [0.25, 0.3) is 10.6 Å². The number of carbonyl (C=O) groups excluding carboxylic acids is 1. The van der Waals surface area contributed by atoms with E-state index < -0.39 is 0 Å². The standard InChI is InChI=1S/C15H14N2O2S/c18-15(12-9-19-12)17-7-6-11-13(8-17)20-14(16-11)10-4-2-1-3-5-10/h1-5,12H,6-9H2. The van der Waals surface area contributed by atoms with Crippen LogP contribution in [0.1, 0.15) is 10.6 Å². The van der Waals surface area contributed by atoms with Gasteiger partial charge in [-0.3, -0.25) is 4.79 Å². The van der Waals surface area contributed by atoms with Crippen LogP contribution in [0, 0.1) is 0 Å². The van der Waals surface area contributed by atoms with Crippen molar-refractivity contribution in [3.63, 3.8) is 0 Å². The van der Waals surface area contributed by atoms with Gasteiger partial charge in [-0.1, -0.05) is 30.3 Å². The third-order valence-electron chi connectivity index (χ3n) is 3.67. The van der Waals surface area contributed by atoms with Crippen LogP contribution in [0.4, 0.5) is 0 Å². The average molecular weight is 286 g/mol. The predicted molar refractivity (Wildman–Crippen MR) is 76.4 cm³/mol. The van der Waals surface area contributed by atoms with Crippen LogP contribution < -0.4 is 0 Å². The number of carbonyl (C=O) groups is 1. The minimum absolute atomic E-state index is 0.130. The first-order valence-corrected chi connectivity index (χ1v) is 7.57. The molecule has 0 bridgehead atoms. The summed E-state index contributed by atoms with van der Waals surface area (Å²) in [6.45, 7) is 2.02. The number of benzene rings is 1. The molecular weight excluding hydrogens is 272 g/mol. The molecule has 0 radical (unpaired) electrons. The highest BCUT2D eigenvalue weighted by Gasteiger charge is 2.36. The van der Waals surface area contributed by atoms with Gasteiger partial charge < -0.3 is 9.64 Å². The molecule has 0 spiro atoms. The molecule has 2 aliphatic rings. The molecule has 1 aromatic carbocycles. The van der Waals surface area contributed by atoms with Crippen molar-refractivity contribution in [2.45, 2.75) is 19.1 Å². The molecule has 102 valence electrons. The molecule has 2 aliphatic heterocycles. The summed E-state index contributed by atoms with van der Waals surface area (Å²) in [7, 11) is 0. The van der Waals surface area contributed by atoms with Gasteiger partial charge in [0.05, 0.1) is 18.8 Å². The van der Waals surface area contributed by atoms with Gasteiger partial charge in [-0.05, 0) is 0 Å². The molecule has 1 aromatic heterocycles. The number of ether oxygens (including phenoxy) is 1. The van der Waals surface area contributed by atoms with E-state index in [0.29, 0.717) is 13.2 Å². The lowest BCUT2D eigenvalue weighted by Gasteiger charge is -2.25. The Bertz CT molecular complexity index is 649.